The molecule has 0 saturated heterocycles. The van der Waals surface area contributed by atoms with Gasteiger partial charge in [0.05, 0.1) is 11.6 Å². The van der Waals surface area contributed by atoms with E-state index in [0.717, 1.165) is 0 Å². The van der Waals surface area contributed by atoms with Crippen LogP contribution >= 0.6 is 23.8 Å². The molecule has 0 fully saturated rings. The smallest absolute Gasteiger partial charge is 0.246 e. The van der Waals surface area contributed by atoms with Gasteiger partial charge in [-0.1, -0.05) is 35.0 Å². The van der Waals surface area contributed by atoms with Gasteiger partial charge in [-0.15, -0.1) is 0 Å². The first-order valence-corrected chi connectivity index (χ1v) is 7.78. The van der Waals surface area contributed by atoms with Crippen LogP contribution in [-0.4, -0.2) is 15.3 Å². The summed E-state index contributed by atoms with van der Waals surface area (Å²) in [5.41, 5.74) is 1.24. The number of anilines is 1. The van der Waals surface area contributed by atoms with Crippen molar-refractivity contribution in [3.8, 4) is 11.4 Å². The van der Waals surface area contributed by atoms with Gasteiger partial charge in [0, 0.05) is 11.3 Å². The van der Waals surface area contributed by atoms with Crippen molar-refractivity contribution >= 4 is 34.6 Å². The highest BCUT2D eigenvalue weighted by molar-refractivity contribution is 7.80. The van der Waals surface area contributed by atoms with E-state index < -0.39 is 0 Å². The number of thiocarbonyl (C=S) groups is 1. The number of hydrogen-bond acceptors (Lipinski definition) is 4. The highest BCUT2D eigenvalue weighted by Gasteiger charge is 2.11. The molecule has 0 amide bonds. The lowest BCUT2D eigenvalue weighted by molar-refractivity contribution is 0.376. The van der Waals surface area contributed by atoms with Crippen LogP contribution in [0.25, 0.3) is 11.4 Å². The summed E-state index contributed by atoms with van der Waals surface area (Å²) in [4.78, 5) is 4.26. The summed E-state index contributed by atoms with van der Waals surface area (Å²) in [6, 6.07) is 13.2. The second-order valence-electron chi connectivity index (χ2n) is 4.81. The Hall–Kier alpha value is -2.51. The second kappa shape index (κ2) is 7.37. The van der Waals surface area contributed by atoms with Gasteiger partial charge in [-0.2, -0.15) is 4.98 Å². The molecule has 2 N–H and O–H groups in total. The van der Waals surface area contributed by atoms with Crippen LogP contribution in [0.1, 0.15) is 5.89 Å². The topological polar surface area (TPSA) is 63.0 Å². The lowest BCUT2D eigenvalue weighted by Crippen LogP contribution is -2.28. The summed E-state index contributed by atoms with van der Waals surface area (Å²) in [6.07, 6.45) is 0. The zero-order valence-electron chi connectivity index (χ0n) is 12.3. The van der Waals surface area contributed by atoms with Gasteiger partial charge in [-0.25, -0.2) is 4.39 Å². The van der Waals surface area contributed by atoms with Crippen molar-refractivity contribution in [1.29, 1.82) is 0 Å². The van der Waals surface area contributed by atoms with Crippen LogP contribution in [0.3, 0.4) is 0 Å². The van der Waals surface area contributed by atoms with Gasteiger partial charge in [-0.05, 0) is 42.5 Å². The van der Waals surface area contributed by atoms with E-state index in [2.05, 4.69) is 20.8 Å². The van der Waals surface area contributed by atoms with Crippen LogP contribution in [0, 0.1) is 5.82 Å². The van der Waals surface area contributed by atoms with Crippen molar-refractivity contribution in [3.63, 3.8) is 0 Å². The largest absolute Gasteiger partial charge is 0.353 e. The van der Waals surface area contributed by atoms with Crippen molar-refractivity contribution in [1.82, 2.24) is 15.5 Å². The van der Waals surface area contributed by atoms with E-state index in [0.29, 0.717) is 33.1 Å². The summed E-state index contributed by atoms with van der Waals surface area (Å²) in [7, 11) is 0. The number of hydrogen-bond donors (Lipinski definition) is 2. The number of benzene rings is 2. The number of aromatic nitrogens is 2. The van der Waals surface area contributed by atoms with Crippen LogP contribution in [0.2, 0.25) is 5.02 Å². The third kappa shape index (κ3) is 4.06. The van der Waals surface area contributed by atoms with E-state index in [1.165, 1.54) is 12.1 Å². The maximum atomic E-state index is 13.1. The lowest BCUT2D eigenvalue weighted by Gasteiger charge is -2.08. The van der Waals surface area contributed by atoms with Crippen LogP contribution in [0.15, 0.2) is 53.1 Å². The van der Waals surface area contributed by atoms with Gasteiger partial charge in [0.25, 0.3) is 0 Å². The molecule has 0 radical (unpaired) electrons. The molecule has 2 aromatic carbocycles. The number of rotatable bonds is 4. The molecule has 0 aliphatic rings. The summed E-state index contributed by atoms with van der Waals surface area (Å²) in [5.74, 6) is 0.416. The molecule has 0 bridgehead atoms. The first kappa shape index (κ1) is 16.4. The van der Waals surface area contributed by atoms with Gasteiger partial charge >= 0.3 is 0 Å². The normalized spacial score (nSPS) is 10.4. The third-order valence-electron chi connectivity index (χ3n) is 3.07. The number of halogens is 2. The molecule has 8 heteroatoms. The van der Waals surface area contributed by atoms with E-state index in [-0.39, 0.29) is 12.4 Å². The zero-order valence-corrected chi connectivity index (χ0v) is 13.9. The molecule has 0 spiro atoms. The predicted molar refractivity (Wildman–Crippen MR) is 94.2 cm³/mol. The third-order valence-corrected chi connectivity index (χ3v) is 3.64. The SMILES string of the molecule is Fc1cccc(NC(=S)NCc2nc(-c3ccccc3Cl)no2)c1. The molecule has 0 aliphatic carbocycles. The fourth-order valence-corrected chi connectivity index (χ4v) is 2.39. The molecule has 122 valence electrons. The molecule has 24 heavy (non-hydrogen) atoms. The molecule has 0 saturated carbocycles. The Morgan fingerprint density at radius 3 is 2.83 bits per heavy atom. The van der Waals surface area contributed by atoms with Crippen LogP contribution < -0.4 is 10.6 Å². The van der Waals surface area contributed by atoms with E-state index >= 15 is 0 Å². The van der Waals surface area contributed by atoms with Crippen molar-refractivity contribution in [3.05, 3.63) is 65.3 Å². The Balaban J connectivity index is 1.59. The van der Waals surface area contributed by atoms with Gasteiger partial charge < -0.3 is 15.2 Å². The van der Waals surface area contributed by atoms with E-state index in [1.807, 2.05) is 12.1 Å². The molecule has 5 nitrogen and oxygen atoms in total. The molecule has 3 rings (SSSR count). The summed E-state index contributed by atoms with van der Waals surface area (Å²) in [5, 5.41) is 10.5. The standard InChI is InChI=1S/C16H12ClFN4OS/c17-13-7-2-1-6-12(13)15-21-14(23-22-15)9-19-16(24)20-11-5-3-4-10(18)8-11/h1-8H,9H2,(H2,19,20,24). The predicted octanol–water partition coefficient (Wildman–Crippen LogP) is 4.02. The monoisotopic (exact) mass is 362 g/mol. The average Bonchev–Trinajstić information content (AvgIpc) is 3.02. The van der Waals surface area contributed by atoms with Crippen LogP contribution in [0.5, 0.6) is 0 Å². The van der Waals surface area contributed by atoms with Gasteiger partial charge in [0.2, 0.25) is 11.7 Å². The first-order chi connectivity index (χ1) is 11.6. The Labute approximate surface area is 147 Å². The second-order valence-corrected chi connectivity index (χ2v) is 5.63. The maximum absolute atomic E-state index is 13.1. The fourth-order valence-electron chi connectivity index (χ4n) is 1.98. The van der Waals surface area contributed by atoms with Crippen LogP contribution in [-0.2, 0) is 6.54 Å². The Bertz CT molecular complexity index is 871. The molecule has 0 unspecified atom stereocenters. The summed E-state index contributed by atoms with van der Waals surface area (Å²) < 4.78 is 18.3. The average molecular weight is 363 g/mol. The van der Waals surface area contributed by atoms with E-state index in [9.17, 15) is 4.39 Å². The molecule has 1 aromatic heterocycles. The van der Waals surface area contributed by atoms with E-state index in [4.69, 9.17) is 28.3 Å². The molecular weight excluding hydrogens is 351 g/mol. The Morgan fingerprint density at radius 2 is 2.04 bits per heavy atom. The van der Waals surface area contributed by atoms with Gasteiger partial charge in [0.15, 0.2) is 5.11 Å². The molecule has 1 heterocycles. The highest BCUT2D eigenvalue weighted by atomic mass is 35.5. The minimum Gasteiger partial charge on any atom is -0.353 e. The summed E-state index contributed by atoms with van der Waals surface area (Å²) >= 11 is 11.2. The van der Waals surface area contributed by atoms with Gasteiger partial charge in [-0.3, -0.25) is 0 Å². The molecule has 3 aromatic rings. The van der Waals surface area contributed by atoms with Crippen molar-refractivity contribution in [2.45, 2.75) is 6.54 Å². The highest BCUT2D eigenvalue weighted by Crippen LogP contribution is 2.24. The Morgan fingerprint density at radius 1 is 1.21 bits per heavy atom. The maximum Gasteiger partial charge on any atom is 0.246 e. The quantitative estimate of drug-likeness (QED) is 0.684. The molecular formula is C16H12ClFN4OS. The summed E-state index contributed by atoms with van der Waals surface area (Å²) in [6.45, 7) is 0.235. The molecule has 0 atom stereocenters. The zero-order chi connectivity index (χ0) is 16.9. The minimum absolute atomic E-state index is 0.235. The fraction of sp³-hybridized carbons (Fsp3) is 0.0625. The van der Waals surface area contributed by atoms with E-state index in [1.54, 1.807) is 24.3 Å². The number of nitrogens with one attached hydrogen (secondary N) is 2. The first-order valence-electron chi connectivity index (χ1n) is 7.00. The van der Waals surface area contributed by atoms with Crippen molar-refractivity contribution in [2.24, 2.45) is 0 Å². The molecule has 0 aliphatic heterocycles. The number of nitrogens with zero attached hydrogens (tertiary/aromatic N) is 2. The van der Waals surface area contributed by atoms with Crippen molar-refractivity contribution < 1.29 is 8.91 Å². The lowest BCUT2D eigenvalue weighted by atomic mass is 10.2. The van der Waals surface area contributed by atoms with Crippen molar-refractivity contribution in [2.75, 3.05) is 5.32 Å². The van der Waals surface area contributed by atoms with Crippen LogP contribution in [0.4, 0.5) is 10.1 Å². The Kier molecular flexibility index (Phi) is 5.02. The minimum atomic E-state index is -0.343. The van der Waals surface area contributed by atoms with Gasteiger partial charge in [0.1, 0.15) is 5.82 Å².